The second-order valence-electron chi connectivity index (χ2n) is 5.57. The lowest BCUT2D eigenvalue weighted by Crippen LogP contribution is -2.16. The highest BCUT2D eigenvalue weighted by molar-refractivity contribution is 6.83. The zero-order chi connectivity index (χ0) is 13.1. The van der Waals surface area contributed by atoms with Gasteiger partial charge in [0, 0.05) is 12.8 Å². The van der Waals surface area contributed by atoms with Crippen LogP contribution in [0.4, 0.5) is 0 Å². The number of rotatable bonds is 8. The predicted octanol–water partition coefficient (Wildman–Crippen LogP) is 4.07. The van der Waals surface area contributed by atoms with Crippen LogP contribution in [0.3, 0.4) is 0 Å². The molecule has 0 aromatic carbocycles. The fourth-order valence-corrected chi connectivity index (χ4v) is 2.18. The van der Waals surface area contributed by atoms with Crippen LogP contribution in [0.1, 0.15) is 51.4 Å². The minimum Gasteiger partial charge on any atom is -0.481 e. The summed E-state index contributed by atoms with van der Waals surface area (Å²) in [5.41, 5.74) is 3.37. The normalized spacial score (nSPS) is 10.8. The smallest absolute Gasteiger partial charge is 0.303 e. The van der Waals surface area contributed by atoms with Crippen molar-refractivity contribution in [2.75, 3.05) is 0 Å². The van der Waals surface area contributed by atoms with Crippen LogP contribution in [-0.2, 0) is 4.79 Å². The Labute approximate surface area is 107 Å². The van der Waals surface area contributed by atoms with Gasteiger partial charge in [0.1, 0.15) is 8.07 Å². The number of carboxylic acid groups (broad SMARTS) is 1. The Bertz CT molecular complexity index is 268. The molecule has 0 amide bonds. The van der Waals surface area contributed by atoms with Gasteiger partial charge >= 0.3 is 5.97 Å². The van der Waals surface area contributed by atoms with Gasteiger partial charge in [-0.05, 0) is 12.8 Å². The van der Waals surface area contributed by atoms with Crippen molar-refractivity contribution in [3.8, 4) is 11.5 Å². The van der Waals surface area contributed by atoms with Crippen molar-refractivity contribution in [3.63, 3.8) is 0 Å². The summed E-state index contributed by atoms with van der Waals surface area (Å²) in [5.74, 6) is 2.60. The molecule has 0 aromatic heterocycles. The third-order valence-electron chi connectivity index (χ3n) is 2.41. The molecular weight excluding hydrogens is 228 g/mol. The molecule has 3 heteroatoms. The minimum absolute atomic E-state index is 0.321. The van der Waals surface area contributed by atoms with Crippen molar-refractivity contribution in [3.05, 3.63) is 0 Å². The maximum absolute atomic E-state index is 10.3. The van der Waals surface area contributed by atoms with E-state index in [0.717, 1.165) is 25.7 Å². The molecule has 0 saturated heterocycles. The van der Waals surface area contributed by atoms with Crippen LogP contribution in [0.5, 0.6) is 0 Å². The van der Waals surface area contributed by atoms with E-state index in [0.29, 0.717) is 6.42 Å². The monoisotopic (exact) mass is 254 g/mol. The van der Waals surface area contributed by atoms with E-state index >= 15 is 0 Å². The van der Waals surface area contributed by atoms with Crippen LogP contribution in [0.2, 0.25) is 19.6 Å². The van der Waals surface area contributed by atoms with Crippen LogP contribution < -0.4 is 0 Å². The molecule has 0 saturated carbocycles. The lowest BCUT2D eigenvalue weighted by atomic mass is 10.1. The number of aliphatic carboxylic acids is 1. The lowest BCUT2D eigenvalue weighted by molar-refractivity contribution is -0.137. The number of hydrogen-bond donors (Lipinski definition) is 1. The molecule has 0 aromatic rings. The number of carboxylic acids is 1. The van der Waals surface area contributed by atoms with Crippen LogP contribution >= 0.6 is 0 Å². The first-order valence-corrected chi connectivity index (χ1v) is 10.1. The topological polar surface area (TPSA) is 37.3 Å². The Kier molecular flexibility index (Phi) is 8.88. The highest BCUT2D eigenvalue weighted by atomic mass is 28.3. The molecular formula is C14H26O2Si. The Morgan fingerprint density at radius 3 is 2.06 bits per heavy atom. The van der Waals surface area contributed by atoms with Crippen LogP contribution in [0, 0.1) is 11.5 Å². The molecule has 0 atom stereocenters. The second kappa shape index (κ2) is 9.29. The average molecular weight is 254 g/mol. The molecule has 0 heterocycles. The summed E-state index contributed by atoms with van der Waals surface area (Å²) >= 11 is 0. The van der Waals surface area contributed by atoms with E-state index in [-0.39, 0.29) is 0 Å². The summed E-state index contributed by atoms with van der Waals surface area (Å²) in [6.45, 7) is 6.80. The molecule has 1 N–H and O–H groups in total. The van der Waals surface area contributed by atoms with E-state index in [4.69, 9.17) is 5.11 Å². The summed E-state index contributed by atoms with van der Waals surface area (Å²) in [4.78, 5) is 10.3. The van der Waals surface area contributed by atoms with Gasteiger partial charge in [-0.3, -0.25) is 4.79 Å². The fourth-order valence-electron chi connectivity index (χ4n) is 1.52. The molecule has 17 heavy (non-hydrogen) atoms. The number of hydrogen-bond acceptors (Lipinski definition) is 1. The zero-order valence-corrected chi connectivity index (χ0v) is 12.5. The van der Waals surface area contributed by atoms with Gasteiger partial charge in [-0.25, -0.2) is 0 Å². The predicted molar refractivity (Wildman–Crippen MR) is 75.7 cm³/mol. The van der Waals surface area contributed by atoms with E-state index in [1.54, 1.807) is 0 Å². The first-order chi connectivity index (χ1) is 7.92. The second-order valence-corrected chi connectivity index (χ2v) is 10.3. The average Bonchev–Trinajstić information content (AvgIpc) is 2.18. The van der Waals surface area contributed by atoms with Crippen molar-refractivity contribution in [2.45, 2.75) is 71.0 Å². The summed E-state index contributed by atoms with van der Waals surface area (Å²) in [6.07, 6.45) is 8.02. The zero-order valence-electron chi connectivity index (χ0n) is 11.5. The first kappa shape index (κ1) is 16.2. The standard InChI is InChI=1S/C14H26O2Si/c1-17(2,3)13-11-9-7-5-4-6-8-10-12-14(15)16/h4-10,12H2,1-3H3,(H,15,16). The van der Waals surface area contributed by atoms with Gasteiger partial charge in [0.05, 0.1) is 0 Å². The Morgan fingerprint density at radius 2 is 1.53 bits per heavy atom. The van der Waals surface area contributed by atoms with Gasteiger partial charge in [0.25, 0.3) is 0 Å². The van der Waals surface area contributed by atoms with Gasteiger partial charge in [0.15, 0.2) is 0 Å². The molecule has 0 unspecified atom stereocenters. The van der Waals surface area contributed by atoms with Gasteiger partial charge in [-0.1, -0.05) is 45.3 Å². The Hall–Kier alpha value is -0.753. The van der Waals surface area contributed by atoms with E-state index in [1.807, 2.05) is 0 Å². The maximum Gasteiger partial charge on any atom is 0.303 e. The third-order valence-corrected chi connectivity index (χ3v) is 3.33. The molecule has 0 aliphatic carbocycles. The third kappa shape index (κ3) is 15.2. The van der Waals surface area contributed by atoms with Crippen molar-refractivity contribution >= 4 is 14.0 Å². The van der Waals surface area contributed by atoms with Gasteiger partial charge in [-0.15, -0.1) is 11.5 Å². The lowest BCUT2D eigenvalue weighted by Gasteiger charge is -2.03. The molecule has 98 valence electrons. The highest BCUT2D eigenvalue weighted by Crippen LogP contribution is 2.08. The summed E-state index contributed by atoms with van der Waals surface area (Å²) in [5, 5.41) is 8.47. The molecule has 0 rings (SSSR count). The molecule has 2 nitrogen and oxygen atoms in total. The molecule has 0 fully saturated rings. The first-order valence-electron chi connectivity index (χ1n) is 6.63. The summed E-state index contributed by atoms with van der Waals surface area (Å²) in [6, 6.07) is 0. The summed E-state index contributed by atoms with van der Waals surface area (Å²) < 4.78 is 0. The van der Waals surface area contributed by atoms with Crippen LogP contribution in [0.15, 0.2) is 0 Å². The van der Waals surface area contributed by atoms with E-state index in [2.05, 4.69) is 31.1 Å². The highest BCUT2D eigenvalue weighted by Gasteiger charge is 2.06. The molecule has 0 radical (unpaired) electrons. The van der Waals surface area contributed by atoms with Crippen LogP contribution in [0.25, 0.3) is 0 Å². The van der Waals surface area contributed by atoms with Crippen molar-refractivity contribution in [1.82, 2.24) is 0 Å². The van der Waals surface area contributed by atoms with Crippen LogP contribution in [-0.4, -0.2) is 19.1 Å². The van der Waals surface area contributed by atoms with Gasteiger partial charge in [0.2, 0.25) is 0 Å². The van der Waals surface area contributed by atoms with Gasteiger partial charge < -0.3 is 5.11 Å². The molecule has 0 aliphatic rings. The van der Waals surface area contributed by atoms with Crippen molar-refractivity contribution < 1.29 is 9.90 Å². The quantitative estimate of drug-likeness (QED) is 0.403. The Balaban J connectivity index is 3.24. The number of carbonyl (C=O) groups is 1. The molecule has 0 bridgehead atoms. The summed E-state index contributed by atoms with van der Waals surface area (Å²) in [7, 11) is -1.17. The fraction of sp³-hybridized carbons (Fsp3) is 0.786. The maximum atomic E-state index is 10.3. The van der Waals surface area contributed by atoms with Crippen molar-refractivity contribution in [1.29, 1.82) is 0 Å². The van der Waals surface area contributed by atoms with E-state index in [1.165, 1.54) is 19.3 Å². The molecule has 0 aliphatic heterocycles. The van der Waals surface area contributed by atoms with E-state index < -0.39 is 14.0 Å². The Morgan fingerprint density at radius 1 is 1.00 bits per heavy atom. The number of unbranched alkanes of at least 4 members (excludes halogenated alkanes) is 6. The molecule has 0 spiro atoms. The SMILES string of the molecule is C[Si](C)(C)C#CCCCCCCCCC(=O)O. The largest absolute Gasteiger partial charge is 0.481 e. The minimum atomic E-state index is -1.17. The van der Waals surface area contributed by atoms with E-state index in [9.17, 15) is 4.79 Å². The van der Waals surface area contributed by atoms with Crippen molar-refractivity contribution in [2.24, 2.45) is 0 Å². The van der Waals surface area contributed by atoms with Gasteiger partial charge in [-0.2, -0.15) is 0 Å².